The Kier molecular flexibility index (Phi) is 3.93. The first-order valence-electron chi connectivity index (χ1n) is 9.73. The standard InChI is InChI=1S/C19H21N7O2/c20-7-5-15(27)26-12-3-4-13(26)10-25(9-12)17-14-6-8-21-16(14)22-19(23-17)24-18(28)11-1-2-11/h6,8,11-13H,1-5,9-10H2,(H2,21,22,23,24,28). The lowest BCUT2D eigenvalue weighted by Gasteiger charge is -2.41. The average molecular weight is 379 g/mol. The molecule has 9 heteroatoms. The molecule has 0 spiro atoms. The highest BCUT2D eigenvalue weighted by Gasteiger charge is 2.43. The van der Waals surface area contributed by atoms with Gasteiger partial charge >= 0.3 is 0 Å². The van der Waals surface area contributed by atoms with Crippen LogP contribution >= 0.6 is 0 Å². The van der Waals surface area contributed by atoms with E-state index in [1.54, 1.807) is 0 Å². The lowest BCUT2D eigenvalue weighted by atomic mass is 10.1. The Morgan fingerprint density at radius 3 is 2.64 bits per heavy atom. The van der Waals surface area contributed by atoms with Crippen LogP contribution in [0.2, 0.25) is 0 Å². The van der Waals surface area contributed by atoms with Gasteiger partial charge in [0.2, 0.25) is 17.8 Å². The summed E-state index contributed by atoms with van der Waals surface area (Å²) in [7, 11) is 0. The van der Waals surface area contributed by atoms with Crippen molar-refractivity contribution in [2.75, 3.05) is 23.3 Å². The second-order valence-electron chi connectivity index (χ2n) is 7.80. The van der Waals surface area contributed by atoms with Crippen molar-refractivity contribution in [1.82, 2.24) is 19.9 Å². The molecule has 2 saturated heterocycles. The molecule has 2 unspecified atom stereocenters. The highest BCUT2D eigenvalue weighted by molar-refractivity contribution is 5.95. The molecule has 1 aliphatic carbocycles. The smallest absolute Gasteiger partial charge is 0.237 e. The summed E-state index contributed by atoms with van der Waals surface area (Å²) in [5.74, 6) is 1.07. The number of carbonyl (C=O) groups is 2. The number of rotatable bonds is 4. The number of fused-ring (bicyclic) bond motifs is 3. The summed E-state index contributed by atoms with van der Waals surface area (Å²) in [6, 6.07) is 4.09. The Bertz CT molecular complexity index is 976. The van der Waals surface area contributed by atoms with Crippen LogP contribution < -0.4 is 10.2 Å². The summed E-state index contributed by atoms with van der Waals surface area (Å²) in [5, 5.41) is 12.6. The van der Waals surface area contributed by atoms with Gasteiger partial charge in [-0.1, -0.05) is 0 Å². The van der Waals surface area contributed by atoms with Gasteiger partial charge in [-0.3, -0.25) is 14.9 Å². The van der Waals surface area contributed by atoms with E-state index in [0.717, 1.165) is 36.9 Å². The van der Waals surface area contributed by atoms with Gasteiger partial charge in [0.1, 0.15) is 17.9 Å². The molecule has 2 aromatic rings. The Hall–Kier alpha value is -3.15. The molecule has 144 valence electrons. The van der Waals surface area contributed by atoms with Gasteiger partial charge < -0.3 is 14.8 Å². The van der Waals surface area contributed by atoms with Crippen LogP contribution in [0.5, 0.6) is 0 Å². The predicted octanol–water partition coefficient (Wildman–Crippen LogP) is 1.40. The van der Waals surface area contributed by atoms with Crippen molar-refractivity contribution in [3.63, 3.8) is 0 Å². The van der Waals surface area contributed by atoms with E-state index in [-0.39, 0.29) is 36.2 Å². The number of carbonyl (C=O) groups excluding carboxylic acids is 2. The van der Waals surface area contributed by atoms with Crippen LogP contribution in [0.4, 0.5) is 11.8 Å². The van der Waals surface area contributed by atoms with Crippen LogP contribution in [-0.4, -0.2) is 56.8 Å². The van der Waals surface area contributed by atoms with E-state index in [0.29, 0.717) is 24.7 Å². The molecule has 2 aromatic heterocycles. The maximum Gasteiger partial charge on any atom is 0.237 e. The topological polar surface area (TPSA) is 118 Å². The number of nitrogens with zero attached hydrogens (tertiary/aromatic N) is 5. The molecule has 2 aliphatic heterocycles. The minimum absolute atomic E-state index is 0.0242. The number of piperazine rings is 1. The maximum absolute atomic E-state index is 12.3. The summed E-state index contributed by atoms with van der Waals surface area (Å²) in [6.45, 7) is 1.34. The molecule has 2 bridgehead atoms. The van der Waals surface area contributed by atoms with Crippen molar-refractivity contribution in [2.24, 2.45) is 5.92 Å². The Morgan fingerprint density at radius 1 is 1.21 bits per heavy atom. The van der Waals surface area contributed by atoms with Crippen LogP contribution in [0.25, 0.3) is 11.0 Å². The normalized spacial score (nSPS) is 23.7. The van der Waals surface area contributed by atoms with Gasteiger partial charge in [0.05, 0.1) is 11.5 Å². The lowest BCUT2D eigenvalue weighted by molar-refractivity contribution is -0.133. The van der Waals surface area contributed by atoms with Gasteiger partial charge in [-0.05, 0) is 31.7 Å². The first-order valence-corrected chi connectivity index (χ1v) is 9.73. The van der Waals surface area contributed by atoms with Gasteiger partial charge in [0, 0.05) is 37.3 Å². The number of anilines is 2. The molecule has 3 fully saturated rings. The summed E-state index contributed by atoms with van der Waals surface area (Å²) in [6.07, 6.45) is 5.46. The Labute approximate surface area is 161 Å². The van der Waals surface area contributed by atoms with Gasteiger partial charge in [-0.25, -0.2) is 0 Å². The Balaban J connectivity index is 1.43. The molecule has 2 N–H and O–H groups in total. The van der Waals surface area contributed by atoms with Gasteiger partial charge in [0.25, 0.3) is 0 Å². The number of nitrogens with one attached hydrogen (secondary N) is 2. The summed E-state index contributed by atoms with van der Waals surface area (Å²) in [4.78, 5) is 40.8. The number of hydrogen-bond donors (Lipinski definition) is 2. The van der Waals surface area contributed by atoms with Crippen molar-refractivity contribution >= 4 is 34.6 Å². The molecule has 28 heavy (non-hydrogen) atoms. The number of nitriles is 1. The van der Waals surface area contributed by atoms with E-state index in [4.69, 9.17) is 5.26 Å². The Morgan fingerprint density at radius 2 is 1.96 bits per heavy atom. The van der Waals surface area contributed by atoms with E-state index < -0.39 is 0 Å². The second-order valence-corrected chi connectivity index (χ2v) is 7.80. The van der Waals surface area contributed by atoms with Crippen LogP contribution in [0.3, 0.4) is 0 Å². The number of H-pyrrole nitrogens is 1. The van der Waals surface area contributed by atoms with Gasteiger partial charge in [0.15, 0.2) is 0 Å². The highest BCUT2D eigenvalue weighted by atomic mass is 16.2. The number of hydrogen-bond acceptors (Lipinski definition) is 6. The molecule has 0 radical (unpaired) electrons. The molecule has 0 aromatic carbocycles. The zero-order valence-electron chi connectivity index (χ0n) is 15.4. The second kappa shape index (κ2) is 6.48. The third-order valence-electron chi connectivity index (χ3n) is 5.88. The molecule has 1 saturated carbocycles. The molecule has 2 amide bonds. The molecule has 2 atom stereocenters. The minimum atomic E-state index is -0.0819. The van der Waals surface area contributed by atoms with Crippen molar-refractivity contribution in [2.45, 2.75) is 44.2 Å². The monoisotopic (exact) mass is 379 g/mol. The van der Waals surface area contributed by atoms with E-state index >= 15 is 0 Å². The fraction of sp³-hybridized carbons (Fsp3) is 0.526. The summed E-state index contributed by atoms with van der Waals surface area (Å²) < 4.78 is 0. The van der Waals surface area contributed by atoms with Crippen molar-refractivity contribution in [1.29, 1.82) is 5.26 Å². The zero-order valence-corrected chi connectivity index (χ0v) is 15.4. The largest absolute Gasteiger partial charge is 0.352 e. The van der Waals surface area contributed by atoms with Crippen molar-refractivity contribution in [3.05, 3.63) is 12.3 Å². The van der Waals surface area contributed by atoms with E-state index in [1.807, 2.05) is 23.2 Å². The molecular formula is C19H21N7O2. The predicted molar refractivity (Wildman–Crippen MR) is 101 cm³/mol. The minimum Gasteiger partial charge on any atom is -0.352 e. The molecule has 9 nitrogen and oxygen atoms in total. The third kappa shape index (κ3) is 2.85. The maximum atomic E-state index is 12.3. The van der Waals surface area contributed by atoms with Gasteiger partial charge in [-0.2, -0.15) is 15.2 Å². The molecule has 5 rings (SSSR count). The lowest BCUT2D eigenvalue weighted by Crippen LogP contribution is -2.56. The molecule has 3 aliphatic rings. The zero-order chi connectivity index (χ0) is 19.3. The van der Waals surface area contributed by atoms with E-state index in [2.05, 4.69) is 25.2 Å². The highest BCUT2D eigenvalue weighted by Crippen LogP contribution is 2.35. The third-order valence-corrected chi connectivity index (χ3v) is 5.88. The van der Waals surface area contributed by atoms with Crippen molar-refractivity contribution < 1.29 is 9.59 Å². The number of aromatic nitrogens is 3. The number of amides is 2. The van der Waals surface area contributed by atoms with Crippen molar-refractivity contribution in [3.8, 4) is 6.07 Å². The molecule has 4 heterocycles. The number of aromatic amines is 1. The van der Waals surface area contributed by atoms with Crippen LogP contribution in [0.1, 0.15) is 32.1 Å². The first-order chi connectivity index (χ1) is 13.6. The van der Waals surface area contributed by atoms with E-state index in [1.165, 1.54) is 0 Å². The SMILES string of the molecule is N#CCC(=O)N1C2CCC1CN(c1nc(NC(=O)C3CC3)nc3[nH]ccc13)C2. The van der Waals surface area contributed by atoms with Crippen LogP contribution in [0, 0.1) is 17.2 Å². The summed E-state index contributed by atoms with van der Waals surface area (Å²) in [5.41, 5.74) is 0.687. The quantitative estimate of drug-likeness (QED) is 0.829. The summed E-state index contributed by atoms with van der Waals surface area (Å²) >= 11 is 0. The van der Waals surface area contributed by atoms with E-state index in [9.17, 15) is 9.59 Å². The first kappa shape index (κ1) is 17.0. The van der Waals surface area contributed by atoms with Crippen LogP contribution in [0.15, 0.2) is 12.3 Å². The fourth-order valence-corrected chi connectivity index (χ4v) is 4.42. The fourth-order valence-electron chi connectivity index (χ4n) is 4.42. The average Bonchev–Trinajstić information content (AvgIpc) is 3.37. The molecular weight excluding hydrogens is 358 g/mol. The van der Waals surface area contributed by atoms with Gasteiger partial charge in [-0.15, -0.1) is 0 Å². The van der Waals surface area contributed by atoms with Crippen LogP contribution in [-0.2, 0) is 9.59 Å².